The number of unbranched alkanes of at least 4 members (excludes halogenated alkanes) is 1. The molecule has 0 bridgehead atoms. The third-order valence-electron chi connectivity index (χ3n) is 5.62. The molecule has 4 aromatic rings. The molecule has 0 aliphatic rings. The van der Waals surface area contributed by atoms with Crippen LogP contribution in [0.25, 0.3) is 22.0 Å². The first kappa shape index (κ1) is 20.1. The molecular weight excluding hydrogens is 370 g/mol. The van der Waals surface area contributed by atoms with E-state index in [-0.39, 0.29) is 12.0 Å². The van der Waals surface area contributed by atoms with Gasteiger partial charge in [0, 0.05) is 23.7 Å². The van der Waals surface area contributed by atoms with E-state index < -0.39 is 0 Å². The number of nitrogens with zero attached hydrogens (tertiary/aromatic N) is 1. The summed E-state index contributed by atoms with van der Waals surface area (Å²) in [6, 6.07) is 24.6. The minimum atomic E-state index is -0.0342. The topological polar surface area (TPSA) is 42.2 Å². The predicted molar refractivity (Wildman–Crippen MR) is 124 cm³/mol. The molecule has 1 N–H and O–H groups in total. The van der Waals surface area contributed by atoms with E-state index in [1.807, 2.05) is 42.6 Å². The largest absolute Gasteiger partial charge is 0.392 e. The van der Waals surface area contributed by atoms with Crippen LogP contribution >= 0.6 is 0 Å². The predicted octanol–water partition coefficient (Wildman–Crippen LogP) is 5.55. The summed E-state index contributed by atoms with van der Waals surface area (Å²) in [5, 5.41) is 10.3. The molecule has 1 aromatic heterocycles. The van der Waals surface area contributed by atoms with Crippen molar-refractivity contribution in [1.82, 2.24) is 4.57 Å². The number of pyridine rings is 1. The van der Waals surface area contributed by atoms with Gasteiger partial charge in [0.1, 0.15) is 0 Å². The Balaban J connectivity index is 1.73. The second-order valence-electron chi connectivity index (χ2n) is 7.79. The third-order valence-corrected chi connectivity index (χ3v) is 5.62. The summed E-state index contributed by atoms with van der Waals surface area (Å²) in [5.41, 5.74) is 6.23. The third kappa shape index (κ3) is 4.22. The minimum absolute atomic E-state index is 0.0342. The fourth-order valence-electron chi connectivity index (χ4n) is 3.90. The smallest absolute Gasteiger partial charge is 0.192 e. The van der Waals surface area contributed by atoms with Crippen molar-refractivity contribution in [3.8, 4) is 11.1 Å². The summed E-state index contributed by atoms with van der Waals surface area (Å²) in [7, 11) is 0. The number of aliphatic hydroxyl groups is 1. The first-order chi connectivity index (χ1) is 14.7. The summed E-state index contributed by atoms with van der Waals surface area (Å²) in [5.74, 6) is 0. The van der Waals surface area contributed by atoms with E-state index in [1.165, 1.54) is 16.7 Å². The summed E-state index contributed by atoms with van der Waals surface area (Å²) >= 11 is 0. The summed E-state index contributed by atoms with van der Waals surface area (Å²) in [4.78, 5) is 13.0. The molecule has 0 saturated heterocycles. The molecule has 0 atom stereocenters. The highest BCUT2D eigenvalue weighted by molar-refractivity contribution is 5.80. The summed E-state index contributed by atoms with van der Waals surface area (Å²) < 4.78 is 2.15. The Morgan fingerprint density at radius 3 is 2.27 bits per heavy atom. The standard InChI is InChI=1S/C27H27NO2/c1-2-3-7-24-18-28(26-16-21(19-29)12-15-25(26)27(24)30)17-20-10-13-23(14-11-20)22-8-5-4-6-9-22/h4-6,8-16,18,29H,2-3,7,17,19H2,1H3. The Morgan fingerprint density at radius 1 is 0.867 bits per heavy atom. The second kappa shape index (κ2) is 9.10. The van der Waals surface area contributed by atoms with Gasteiger partial charge < -0.3 is 9.67 Å². The second-order valence-corrected chi connectivity index (χ2v) is 7.79. The zero-order valence-electron chi connectivity index (χ0n) is 17.3. The maximum absolute atomic E-state index is 13.0. The van der Waals surface area contributed by atoms with Crippen LogP contribution in [0, 0.1) is 0 Å². The number of hydrogen-bond acceptors (Lipinski definition) is 2. The molecule has 1 heterocycles. The van der Waals surface area contributed by atoms with Gasteiger partial charge in [0.15, 0.2) is 5.43 Å². The van der Waals surface area contributed by atoms with E-state index >= 15 is 0 Å². The van der Waals surface area contributed by atoms with E-state index in [4.69, 9.17) is 0 Å². The molecule has 0 spiro atoms. The highest BCUT2D eigenvalue weighted by Crippen LogP contribution is 2.21. The molecular formula is C27H27NO2. The Morgan fingerprint density at radius 2 is 1.57 bits per heavy atom. The average Bonchev–Trinajstić information content (AvgIpc) is 2.80. The van der Waals surface area contributed by atoms with Gasteiger partial charge in [0.25, 0.3) is 0 Å². The van der Waals surface area contributed by atoms with Crippen LogP contribution in [-0.4, -0.2) is 9.67 Å². The van der Waals surface area contributed by atoms with Crippen LogP contribution < -0.4 is 5.43 Å². The van der Waals surface area contributed by atoms with E-state index in [1.54, 1.807) is 0 Å². The molecule has 0 unspecified atom stereocenters. The van der Waals surface area contributed by atoms with Crippen molar-refractivity contribution >= 4 is 10.9 Å². The maximum atomic E-state index is 13.0. The summed E-state index contributed by atoms with van der Waals surface area (Å²) in [6.45, 7) is 2.79. The van der Waals surface area contributed by atoms with Crippen molar-refractivity contribution in [2.75, 3.05) is 0 Å². The molecule has 0 saturated carbocycles. The van der Waals surface area contributed by atoms with Crippen LogP contribution in [0.5, 0.6) is 0 Å². The van der Waals surface area contributed by atoms with Crippen LogP contribution in [0.2, 0.25) is 0 Å². The van der Waals surface area contributed by atoms with Gasteiger partial charge in [-0.05, 0) is 47.2 Å². The molecule has 4 rings (SSSR count). The molecule has 0 amide bonds. The zero-order chi connectivity index (χ0) is 20.9. The fourth-order valence-corrected chi connectivity index (χ4v) is 3.90. The Bertz CT molecular complexity index is 1190. The van der Waals surface area contributed by atoms with E-state index in [9.17, 15) is 9.90 Å². The molecule has 3 aromatic carbocycles. The molecule has 0 fully saturated rings. The molecule has 0 aliphatic carbocycles. The molecule has 152 valence electrons. The lowest BCUT2D eigenvalue weighted by molar-refractivity contribution is 0.282. The number of aliphatic hydroxyl groups excluding tert-OH is 1. The first-order valence-corrected chi connectivity index (χ1v) is 10.6. The minimum Gasteiger partial charge on any atom is -0.392 e. The summed E-state index contributed by atoms with van der Waals surface area (Å²) in [6.07, 6.45) is 4.86. The monoisotopic (exact) mass is 397 g/mol. The van der Waals surface area contributed by atoms with E-state index in [0.29, 0.717) is 6.54 Å². The van der Waals surface area contributed by atoms with Crippen molar-refractivity contribution in [2.45, 2.75) is 39.3 Å². The molecule has 3 nitrogen and oxygen atoms in total. The van der Waals surface area contributed by atoms with Crippen LogP contribution in [0.15, 0.2) is 83.8 Å². The van der Waals surface area contributed by atoms with Gasteiger partial charge in [-0.2, -0.15) is 0 Å². The average molecular weight is 398 g/mol. The van der Waals surface area contributed by atoms with Gasteiger partial charge >= 0.3 is 0 Å². The number of benzene rings is 3. The Labute approximate surface area is 177 Å². The number of aromatic nitrogens is 1. The van der Waals surface area contributed by atoms with Gasteiger partial charge in [0.05, 0.1) is 12.1 Å². The highest BCUT2D eigenvalue weighted by Gasteiger charge is 2.10. The van der Waals surface area contributed by atoms with Crippen LogP contribution in [-0.2, 0) is 19.6 Å². The van der Waals surface area contributed by atoms with Crippen LogP contribution in [0.4, 0.5) is 0 Å². The zero-order valence-corrected chi connectivity index (χ0v) is 17.3. The lowest BCUT2D eigenvalue weighted by atomic mass is 10.0. The Kier molecular flexibility index (Phi) is 6.10. The van der Waals surface area contributed by atoms with Crippen molar-refractivity contribution < 1.29 is 5.11 Å². The molecule has 30 heavy (non-hydrogen) atoms. The Hall–Kier alpha value is -3.17. The fraction of sp³-hybridized carbons (Fsp3) is 0.222. The van der Waals surface area contributed by atoms with Crippen molar-refractivity contribution in [3.05, 3.63) is 106 Å². The number of aryl methyl sites for hydroxylation is 1. The lowest BCUT2D eigenvalue weighted by Crippen LogP contribution is -2.16. The number of fused-ring (bicyclic) bond motifs is 1. The van der Waals surface area contributed by atoms with Crippen molar-refractivity contribution in [2.24, 2.45) is 0 Å². The van der Waals surface area contributed by atoms with Crippen molar-refractivity contribution in [3.63, 3.8) is 0 Å². The number of hydrogen-bond donors (Lipinski definition) is 1. The van der Waals surface area contributed by atoms with Crippen LogP contribution in [0.3, 0.4) is 0 Å². The number of rotatable bonds is 7. The van der Waals surface area contributed by atoms with Gasteiger partial charge in [0.2, 0.25) is 0 Å². The first-order valence-electron chi connectivity index (χ1n) is 10.6. The molecule has 3 heteroatoms. The van der Waals surface area contributed by atoms with E-state index in [2.05, 4.69) is 47.9 Å². The van der Waals surface area contributed by atoms with Gasteiger partial charge in [-0.1, -0.05) is 74.0 Å². The van der Waals surface area contributed by atoms with Gasteiger partial charge in [-0.15, -0.1) is 0 Å². The quantitative estimate of drug-likeness (QED) is 0.444. The van der Waals surface area contributed by atoms with Crippen molar-refractivity contribution in [1.29, 1.82) is 0 Å². The SMILES string of the molecule is CCCCc1cn(Cc2ccc(-c3ccccc3)cc2)c2cc(CO)ccc2c1=O. The maximum Gasteiger partial charge on any atom is 0.192 e. The lowest BCUT2D eigenvalue weighted by Gasteiger charge is -2.15. The normalized spacial score (nSPS) is 11.1. The van der Waals surface area contributed by atoms with Gasteiger partial charge in [-0.25, -0.2) is 0 Å². The van der Waals surface area contributed by atoms with E-state index in [0.717, 1.165) is 41.3 Å². The molecule has 0 radical (unpaired) electrons. The molecule has 0 aliphatic heterocycles. The van der Waals surface area contributed by atoms with Gasteiger partial charge in [-0.3, -0.25) is 4.79 Å². The highest BCUT2D eigenvalue weighted by atomic mass is 16.3. The van der Waals surface area contributed by atoms with Crippen LogP contribution in [0.1, 0.15) is 36.5 Å².